The number of carbonyl (C=O) groups excluding carboxylic acids is 4. The average molecular weight is 393 g/mol. The highest BCUT2D eigenvalue weighted by atomic mass is 16.6. The molecule has 0 aromatic heterocycles. The van der Waals surface area contributed by atoms with Crippen molar-refractivity contribution in [1.29, 1.82) is 0 Å². The Morgan fingerprint density at radius 1 is 1.00 bits per heavy atom. The third kappa shape index (κ3) is 9.56. The number of carbonyl (C=O) groups is 4. The first-order valence-electron chi connectivity index (χ1n) is 8.81. The zero-order valence-corrected chi connectivity index (χ0v) is 16.8. The molecule has 0 spiro atoms. The number of alkyl carbamates (subject to hydrolysis) is 1. The lowest BCUT2D eigenvalue weighted by molar-refractivity contribution is -0.153. The molecule has 0 unspecified atom stereocenters. The summed E-state index contributed by atoms with van der Waals surface area (Å²) >= 11 is 0. The minimum atomic E-state index is -1.01. The van der Waals surface area contributed by atoms with E-state index < -0.39 is 29.7 Å². The molecule has 1 aromatic rings. The van der Waals surface area contributed by atoms with Crippen molar-refractivity contribution >= 4 is 35.3 Å². The molecule has 154 valence electrons. The molecular weight excluding hydrogens is 366 g/mol. The van der Waals surface area contributed by atoms with Gasteiger partial charge in [-0.05, 0) is 52.0 Å². The first kappa shape index (κ1) is 22.9. The molecular formula is C19H27N3O6. The van der Waals surface area contributed by atoms with Gasteiger partial charge in [-0.1, -0.05) is 0 Å². The first-order chi connectivity index (χ1) is 13.0. The molecule has 3 N–H and O–H groups in total. The van der Waals surface area contributed by atoms with Crippen LogP contribution in [0.4, 0.5) is 16.2 Å². The molecule has 9 heteroatoms. The van der Waals surface area contributed by atoms with Gasteiger partial charge in [-0.25, -0.2) is 4.79 Å². The number of anilines is 2. The van der Waals surface area contributed by atoms with E-state index in [1.165, 1.54) is 13.8 Å². The van der Waals surface area contributed by atoms with Crippen molar-refractivity contribution in [3.05, 3.63) is 24.3 Å². The van der Waals surface area contributed by atoms with Gasteiger partial charge in [-0.2, -0.15) is 0 Å². The summed E-state index contributed by atoms with van der Waals surface area (Å²) in [4.78, 5) is 46.4. The number of hydrogen-bond acceptors (Lipinski definition) is 6. The van der Waals surface area contributed by atoms with Crippen LogP contribution in [0.1, 0.15) is 41.0 Å². The Balaban J connectivity index is 2.38. The Hall–Kier alpha value is -3.10. The van der Waals surface area contributed by atoms with E-state index in [2.05, 4.69) is 16.0 Å². The van der Waals surface area contributed by atoms with Crippen LogP contribution >= 0.6 is 0 Å². The second-order valence-electron chi connectivity index (χ2n) is 7.06. The van der Waals surface area contributed by atoms with Crippen LogP contribution in [0.25, 0.3) is 0 Å². The fraction of sp³-hybridized carbons (Fsp3) is 0.474. The largest absolute Gasteiger partial charge is 0.452 e. The van der Waals surface area contributed by atoms with Gasteiger partial charge >= 0.3 is 12.1 Å². The molecule has 3 amide bonds. The van der Waals surface area contributed by atoms with E-state index >= 15 is 0 Å². The molecule has 1 aromatic carbocycles. The van der Waals surface area contributed by atoms with E-state index in [1.54, 1.807) is 45.0 Å². The van der Waals surface area contributed by atoms with Gasteiger partial charge in [0.05, 0.1) is 6.42 Å². The SMILES string of the molecule is CC(=O)Nc1ccc(NC(=O)[C@H](C)OC(=O)CCNC(=O)OC(C)(C)C)cc1. The topological polar surface area (TPSA) is 123 Å². The lowest BCUT2D eigenvalue weighted by atomic mass is 10.2. The van der Waals surface area contributed by atoms with Crippen LogP contribution in [0.2, 0.25) is 0 Å². The summed E-state index contributed by atoms with van der Waals surface area (Å²) < 4.78 is 10.1. The Morgan fingerprint density at radius 2 is 1.54 bits per heavy atom. The molecule has 1 atom stereocenters. The van der Waals surface area contributed by atoms with Crippen molar-refractivity contribution in [1.82, 2.24) is 5.32 Å². The van der Waals surface area contributed by atoms with Crippen molar-refractivity contribution in [2.45, 2.75) is 52.7 Å². The Bertz CT molecular complexity index is 709. The molecule has 1 rings (SSSR count). The highest BCUT2D eigenvalue weighted by molar-refractivity contribution is 5.95. The van der Waals surface area contributed by atoms with E-state index in [-0.39, 0.29) is 18.9 Å². The zero-order valence-electron chi connectivity index (χ0n) is 16.8. The number of esters is 1. The monoisotopic (exact) mass is 393 g/mol. The van der Waals surface area contributed by atoms with Gasteiger partial charge in [0.1, 0.15) is 5.60 Å². The fourth-order valence-electron chi connectivity index (χ4n) is 1.97. The maximum atomic E-state index is 12.1. The van der Waals surface area contributed by atoms with E-state index in [0.29, 0.717) is 11.4 Å². The van der Waals surface area contributed by atoms with E-state index in [4.69, 9.17) is 9.47 Å². The molecule has 0 saturated carbocycles. The molecule has 9 nitrogen and oxygen atoms in total. The Morgan fingerprint density at radius 3 is 2.04 bits per heavy atom. The van der Waals surface area contributed by atoms with Crippen LogP contribution in [0.3, 0.4) is 0 Å². The summed E-state index contributed by atoms with van der Waals surface area (Å²) in [6, 6.07) is 6.50. The van der Waals surface area contributed by atoms with E-state index in [0.717, 1.165) is 0 Å². The molecule has 0 fully saturated rings. The number of benzene rings is 1. The summed E-state index contributed by atoms with van der Waals surface area (Å²) in [5.41, 5.74) is 0.466. The molecule has 0 aliphatic carbocycles. The average Bonchev–Trinajstić information content (AvgIpc) is 2.54. The quantitative estimate of drug-likeness (QED) is 0.612. The predicted molar refractivity (Wildman–Crippen MR) is 104 cm³/mol. The van der Waals surface area contributed by atoms with Gasteiger partial charge in [0, 0.05) is 24.8 Å². The summed E-state index contributed by atoms with van der Waals surface area (Å²) in [7, 11) is 0. The highest BCUT2D eigenvalue weighted by Crippen LogP contribution is 2.14. The maximum absolute atomic E-state index is 12.1. The summed E-state index contributed by atoms with van der Waals surface area (Å²) in [6.07, 6.45) is -1.74. The Labute approximate surface area is 164 Å². The smallest absolute Gasteiger partial charge is 0.407 e. The van der Waals surface area contributed by atoms with Crippen molar-refractivity contribution in [3.8, 4) is 0 Å². The fourth-order valence-corrected chi connectivity index (χ4v) is 1.97. The molecule has 0 heterocycles. The molecule has 28 heavy (non-hydrogen) atoms. The van der Waals surface area contributed by atoms with Gasteiger partial charge < -0.3 is 25.4 Å². The van der Waals surface area contributed by atoms with Crippen LogP contribution in [-0.2, 0) is 23.9 Å². The van der Waals surface area contributed by atoms with Crippen LogP contribution in [0, 0.1) is 0 Å². The molecule has 0 saturated heterocycles. The van der Waals surface area contributed by atoms with E-state index in [1.807, 2.05) is 0 Å². The second-order valence-corrected chi connectivity index (χ2v) is 7.06. The van der Waals surface area contributed by atoms with Crippen LogP contribution < -0.4 is 16.0 Å². The maximum Gasteiger partial charge on any atom is 0.407 e. The van der Waals surface area contributed by atoms with Crippen LogP contribution in [0.15, 0.2) is 24.3 Å². The minimum Gasteiger partial charge on any atom is -0.452 e. The number of nitrogens with one attached hydrogen (secondary N) is 3. The normalized spacial score (nSPS) is 11.8. The minimum absolute atomic E-state index is 0.0344. The summed E-state index contributed by atoms with van der Waals surface area (Å²) in [5.74, 6) is -1.32. The van der Waals surface area contributed by atoms with Gasteiger partial charge in [-0.3, -0.25) is 14.4 Å². The number of hydrogen-bond donors (Lipinski definition) is 3. The lowest BCUT2D eigenvalue weighted by Crippen LogP contribution is -2.35. The number of ether oxygens (including phenoxy) is 2. The van der Waals surface area contributed by atoms with Gasteiger partial charge in [0.2, 0.25) is 5.91 Å². The van der Waals surface area contributed by atoms with Crippen LogP contribution in [0.5, 0.6) is 0 Å². The van der Waals surface area contributed by atoms with E-state index in [9.17, 15) is 19.2 Å². The van der Waals surface area contributed by atoms with Gasteiger partial charge in [0.15, 0.2) is 6.10 Å². The summed E-state index contributed by atoms with van der Waals surface area (Å²) in [5, 5.41) is 7.66. The highest BCUT2D eigenvalue weighted by Gasteiger charge is 2.19. The van der Waals surface area contributed by atoms with Gasteiger partial charge in [0.25, 0.3) is 5.91 Å². The molecule has 0 bridgehead atoms. The standard InChI is InChI=1S/C19H27N3O6/c1-12(27-16(24)10-11-20-18(26)28-19(3,4)5)17(25)22-15-8-6-14(7-9-15)21-13(2)23/h6-9,12H,10-11H2,1-5H3,(H,20,26)(H,21,23)(H,22,25)/t12-/m0/s1. The lowest BCUT2D eigenvalue weighted by Gasteiger charge is -2.19. The van der Waals surface area contributed by atoms with Crippen molar-refractivity contribution in [2.24, 2.45) is 0 Å². The molecule has 0 aliphatic heterocycles. The van der Waals surface area contributed by atoms with Crippen molar-refractivity contribution < 1.29 is 28.7 Å². The van der Waals surface area contributed by atoms with Gasteiger partial charge in [-0.15, -0.1) is 0 Å². The Kier molecular flexibility index (Phi) is 8.43. The second kappa shape index (κ2) is 10.3. The predicted octanol–water partition coefficient (Wildman–Crippen LogP) is 2.43. The zero-order chi connectivity index (χ0) is 21.3. The molecule has 0 radical (unpaired) electrons. The number of rotatable bonds is 7. The third-order valence-corrected chi connectivity index (χ3v) is 3.15. The summed E-state index contributed by atoms with van der Waals surface area (Å²) in [6.45, 7) is 8.07. The third-order valence-electron chi connectivity index (χ3n) is 3.15. The first-order valence-corrected chi connectivity index (χ1v) is 8.81. The van der Waals surface area contributed by atoms with Crippen LogP contribution in [-0.4, -0.2) is 42.1 Å². The molecule has 0 aliphatic rings. The van der Waals surface area contributed by atoms with Crippen molar-refractivity contribution in [2.75, 3.05) is 17.2 Å². The van der Waals surface area contributed by atoms with Crippen molar-refractivity contribution in [3.63, 3.8) is 0 Å². The number of amides is 3.